The predicted molar refractivity (Wildman–Crippen MR) is 95.6 cm³/mol. The predicted octanol–water partition coefficient (Wildman–Crippen LogP) is 3.32. The second-order valence-electron chi connectivity index (χ2n) is 6.19. The highest BCUT2D eigenvalue weighted by Crippen LogP contribution is 2.31. The molecule has 0 spiro atoms. The summed E-state index contributed by atoms with van der Waals surface area (Å²) in [5.74, 6) is 1.62. The van der Waals surface area contributed by atoms with E-state index in [9.17, 15) is 4.79 Å². The van der Waals surface area contributed by atoms with Crippen molar-refractivity contribution >= 4 is 18.3 Å². The van der Waals surface area contributed by atoms with Gasteiger partial charge in [0.05, 0.1) is 6.20 Å². The van der Waals surface area contributed by atoms with Crippen LogP contribution in [0, 0.1) is 11.8 Å². The maximum atomic E-state index is 12.4. The van der Waals surface area contributed by atoms with Gasteiger partial charge >= 0.3 is 0 Å². The number of nitrogens with zero attached hydrogens (tertiary/aromatic N) is 1. The Balaban J connectivity index is 0.00000208. The largest absolute Gasteiger partial charge is 0.438 e. The maximum absolute atomic E-state index is 12.4. The molecule has 6 heteroatoms. The zero-order chi connectivity index (χ0) is 16.2. The van der Waals surface area contributed by atoms with E-state index in [-0.39, 0.29) is 30.3 Å². The van der Waals surface area contributed by atoms with Crippen molar-refractivity contribution in [3.05, 3.63) is 42.4 Å². The van der Waals surface area contributed by atoms with Crippen LogP contribution in [0.4, 0.5) is 0 Å². The monoisotopic (exact) mass is 349 g/mol. The number of hydrogen-bond acceptors (Lipinski definition) is 4. The van der Waals surface area contributed by atoms with Gasteiger partial charge in [-0.15, -0.1) is 12.4 Å². The van der Waals surface area contributed by atoms with Crippen molar-refractivity contribution < 1.29 is 9.21 Å². The van der Waals surface area contributed by atoms with Crippen LogP contribution in [0.2, 0.25) is 0 Å². The minimum atomic E-state index is -0.251. The quantitative estimate of drug-likeness (QED) is 0.867. The molecule has 3 rings (SSSR count). The third-order valence-electron chi connectivity index (χ3n) is 4.61. The van der Waals surface area contributed by atoms with Crippen molar-refractivity contribution in [3.63, 3.8) is 0 Å². The zero-order valence-corrected chi connectivity index (χ0v) is 14.6. The van der Waals surface area contributed by atoms with Crippen LogP contribution < -0.4 is 11.1 Å². The topological polar surface area (TPSA) is 81.2 Å². The van der Waals surface area contributed by atoms with E-state index in [1.165, 1.54) is 0 Å². The Labute approximate surface area is 148 Å². The number of hydrogen-bond donors (Lipinski definition) is 2. The van der Waals surface area contributed by atoms with E-state index in [1.54, 1.807) is 6.20 Å². The number of halogens is 1. The molecule has 1 aliphatic rings. The number of rotatable bonds is 5. The second-order valence-corrected chi connectivity index (χ2v) is 6.19. The lowest BCUT2D eigenvalue weighted by Crippen LogP contribution is -2.36. The van der Waals surface area contributed by atoms with E-state index in [2.05, 4.69) is 10.3 Å². The van der Waals surface area contributed by atoms with Crippen LogP contribution in [0.15, 0.2) is 40.9 Å². The molecule has 1 unspecified atom stereocenters. The molecule has 1 fully saturated rings. The lowest BCUT2D eigenvalue weighted by atomic mass is 9.95. The Kier molecular flexibility index (Phi) is 6.40. The van der Waals surface area contributed by atoms with E-state index in [1.807, 2.05) is 37.3 Å². The van der Waals surface area contributed by atoms with E-state index in [0.717, 1.165) is 24.8 Å². The molecule has 24 heavy (non-hydrogen) atoms. The number of carbonyl (C=O) groups excluding carboxylic acids is 1. The van der Waals surface area contributed by atoms with E-state index in [0.29, 0.717) is 24.1 Å². The number of nitrogens with two attached hydrogens (primary N) is 1. The van der Waals surface area contributed by atoms with Crippen LogP contribution in [-0.2, 0) is 4.79 Å². The molecule has 3 N–H and O–H groups in total. The minimum absolute atomic E-state index is 0. The first-order valence-corrected chi connectivity index (χ1v) is 8.20. The summed E-state index contributed by atoms with van der Waals surface area (Å²) in [5.41, 5.74) is 6.74. The van der Waals surface area contributed by atoms with Gasteiger partial charge in [-0.05, 0) is 32.2 Å². The van der Waals surface area contributed by atoms with Gasteiger partial charge in [0.1, 0.15) is 6.04 Å². The fourth-order valence-electron chi connectivity index (χ4n) is 3.27. The summed E-state index contributed by atoms with van der Waals surface area (Å²) < 4.78 is 5.80. The normalized spacial score (nSPS) is 21.1. The van der Waals surface area contributed by atoms with Gasteiger partial charge in [-0.25, -0.2) is 4.98 Å². The molecule has 5 nitrogen and oxygen atoms in total. The van der Waals surface area contributed by atoms with Crippen LogP contribution in [-0.4, -0.2) is 17.4 Å². The number of amides is 1. The van der Waals surface area contributed by atoms with Gasteiger partial charge in [-0.2, -0.15) is 0 Å². The van der Waals surface area contributed by atoms with Crippen molar-refractivity contribution in [2.45, 2.75) is 32.2 Å². The lowest BCUT2D eigenvalue weighted by Gasteiger charge is -2.19. The average molecular weight is 350 g/mol. The smallest absolute Gasteiger partial charge is 0.224 e. The summed E-state index contributed by atoms with van der Waals surface area (Å²) in [6.07, 6.45) is 4.73. The standard InChI is InChI=1S/C18H23N3O2.ClH/c1-12(21-17(22)15-9-5-8-14(15)10-19)18-20-11-16(23-18)13-6-3-2-4-7-13;/h2-4,6-7,11-12,14-15H,5,8-10,19H2,1H3,(H,21,22);1H/t12?,14-,15-;/m1./s1. The van der Waals surface area contributed by atoms with Crippen LogP contribution in [0.1, 0.15) is 38.1 Å². The Bertz CT molecular complexity index is 659. The summed E-state index contributed by atoms with van der Waals surface area (Å²) >= 11 is 0. The molecule has 1 aromatic carbocycles. The molecule has 0 bridgehead atoms. The molecule has 0 aliphatic heterocycles. The van der Waals surface area contributed by atoms with Crippen LogP contribution >= 0.6 is 12.4 Å². The Morgan fingerprint density at radius 2 is 2.12 bits per heavy atom. The molecule has 3 atom stereocenters. The third-order valence-corrected chi connectivity index (χ3v) is 4.61. The molecular weight excluding hydrogens is 326 g/mol. The molecule has 1 amide bonds. The van der Waals surface area contributed by atoms with Crippen molar-refractivity contribution in [2.75, 3.05) is 6.54 Å². The van der Waals surface area contributed by atoms with Gasteiger partial charge in [0.25, 0.3) is 0 Å². The summed E-state index contributed by atoms with van der Waals surface area (Å²) in [5, 5.41) is 3.02. The maximum Gasteiger partial charge on any atom is 0.224 e. The number of benzene rings is 1. The van der Waals surface area contributed by atoms with Crippen molar-refractivity contribution in [1.29, 1.82) is 0 Å². The molecule has 2 aromatic rings. The lowest BCUT2D eigenvalue weighted by molar-refractivity contribution is -0.126. The molecular formula is C18H24ClN3O2. The van der Waals surface area contributed by atoms with Crippen LogP contribution in [0.5, 0.6) is 0 Å². The summed E-state index contributed by atoms with van der Waals surface area (Å²) in [6, 6.07) is 9.56. The van der Waals surface area contributed by atoms with Gasteiger partial charge in [0.2, 0.25) is 11.8 Å². The highest BCUT2D eigenvalue weighted by Gasteiger charge is 2.33. The van der Waals surface area contributed by atoms with Gasteiger partial charge in [-0.3, -0.25) is 4.79 Å². The van der Waals surface area contributed by atoms with Crippen molar-refractivity contribution in [1.82, 2.24) is 10.3 Å². The fourth-order valence-corrected chi connectivity index (χ4v) is 3.27. The van der Waals surface area contributed by atoms with Gasteiger partial charge < -0.3 is 15.5 Å². The van der Waals surface area contributed by atoms with Gasteiger partial charge in [0.15, 0.2) is 5.76 Å². The fraction of sp³-hybridized carbons (Fsp3) is 0.444. The molecule has 1 aliphatic carbocycles. The first kappa shape index (κ1) is 18.5. The van der Waals surface area contributed by atoms with Crippen LogP contribution in [0.3, 0.4) is 0 Å². The van der Waals surface area contributed by atoms with Crippen molar-refractivity contribution in [2.24, 2.45) is 17.6 Å². The van der Waals surface area contributed by atoms with E-state index in [4.69, 9.17) is 10.2 Å². The van der Waals surface area contributed by atoms with E-state index < -0.39 is 0 Å². The summed E-state index contributed by atoms with van der Waals surface area (Å²) in [4.78, 5) is 16.7. The SMILES string of the molecule is CC(NC(=O)[C@@H]1CCC[C@@H]1CN)c1ncc(-c2ccccc2)o1.Cl. The van der Waals surface area contributed by atoms with Crippen LogP contribution in [0.25, 0.3) is 11.3 Å². The number of oxazole rings is 1. The molecule has 1 saturated carbocycles. The molecule has 1 heterocycles. The van der Waals surface area contributed by atoms with E-state index >= 15 is 0 Å². The summed E-state index contributed by atoms with van der Waals surface area (Å²) in [7, 11) is 0. The Morgan fingerprint density at radius 3 is 2.83 bits per heavy atom. The average Bonchev–Trinajstić information content (AvgIpc) is 3.24. The Morgan fingerprint density at radius 1 is 1.38 bits per heavy atom. The number of carbonyl (C=O) groups is 1. The zero-order valence-electron chi connectivity index (χ0n) is 13.8. The number of nitrogens with one attached hydrogen (secondary N) is 1. The van der Waals surface area contributed by atoms with Gasteiger partial charge in [-0.1, -0.05) is 36.8 Å². The first-order chi connectivity index (χ1) is 11.2. The molecule has 0 saturated heterocycles. The molecule has 0 radical (unpaired) electrons. The highest BCUT2D eigenvalue weighted by molar-refractivity contribution is 5.85. The third kappa shape index (κ3) is 3.97. The minimum Gasteiger partial charge on any atom is -0.438 e. The van der Waals surface area contributed by atoms with Crippen molar-refractivity contribution in [3.8, 4) is 11.3 Å². The van der Waals surface area contributed by atoms with Gasteiger partial charge in [0, 0.05) is 11.5 Å². The molecule has 130 valence electrons. The second kappa shape index (κ2) is 8.31. The number of aromatic nitrogens is 1. The molecule has 1 aromatic heterocycles. The first-order valence-electron chi connectivity index (χ1n) is 8.20. The summed E-state index contributed by atoms with van der Waals surface area (Å²) in [6.45, 7) is 2.47. The Hall–Kier alpha value is -1.85. The highest BCUT2D eigenvalue weighted by atomic mass is 35.5.